The molecule has 0 aliphatic heterocycles. The smallest absolute Gasteiger partial charge is 0.295 e. The molecule has 0 amide bonds. The Labute approximate surface area is 138 Å². The summed E-state index contributed by atoms with van der Waals surface area (Å²) in [4.78, 5) is 19.5. The third kappa shape index (κ3) is 2.25. The number of nitrogens with zero attached hydrogens (tertiary/aromatic N) is 2. The number of fused-ring (bicyclic) bond motifs is 1. The molecule has 0 atom stereocenters. The number of aromatic amines is 1. The number of hydrogen-bond donors (Lipinski definition) is 2. The summed E-state index contributed by atoms with van der Waals surface area (Å²) in [5, 5.41) is 9.51. The molecular formula is C19H17N3O2. The van der Waals surface area contributed by atoms with Gasteiger partial charge in [-0.15, -0.1) is 0 Å². The Hall–Kier alpha value is -3.08. The van der Waals surface area contributed by atoms with Crippen molar-refractivity contribution in [1.82, 2.24) is 14.5 Å². The lowest BCUT2D eigenvalue weighted by atomic mass is 9.90. The van der Waals surface area contributed by atoms with Crippen molar-refractivity contribution in [2.24, 2.45) is 7.05 Å². The van der Waals surface area contributed by atoms with Crippen LogP contribution in [0.25, 0.3) is 17.0 Å². The summed E-state index contributed by atoms with van der Waals surface area (Å²) in [6, 6.07) is 10.1. The molecule has 24 heavy (non-hydrogen) atoms. The molecule has 0 bridgehead atoms. The molecule has 5 heteroatoms. The number of aromatic nitrogens is 3. The van der Waals surface area contributed by atoms with Gasteiger partial charge in [0.2, 0.25) is 0 Å². The van der Waals surface area contributed by atoms with Gasteiger partial charge < -0.3 is 10.1 Å². The van der Waals surface area contributed by atoms with E-state index in [1.165, 1.54) is 27.6 Å². The molecule has 3 aromatic rings. The third-order valence-corrected chi connectivity index (χ3v) is 4.45. The summed E-state index contributed by atoms with van der Waals surface area (Å²) >= 11 is 0. The van der Waals surface area contributed by atoms with Crippen LogP contribution in [0.1, 0.15) is 23.2 Å². The third-order valence-electron chi connectivity index (χ3n) is 4.45. The van der Waals surface area contributed by atoms with Gasteiger partial charge in [-0.05, 0) is 36.1 Å². The highest BCUT2D eigenvalue weighted by Crippen LogP contribution is 2.32. The minimum absolute atomic E-state index is 0.343. The van der Waals surface area contributed by atoms with E-state index in [-0.39, 0.29) is 5.75 Å². The fourth-order valence-corrected chi connectivity index (χ4v) is 3.23. The van der Waals surface area contributed by atoms with E-state index in [2.05, 4.69) is 28.2 Å². The van der Waals surface area contributed by atoms with E-state index in [1.54, 1.807) is 7.05 Å². The summed E-state index contributed by atoms with van der Waals surface area (Å²) in [5.74, 6) is 0.190. The highest BCUT2D eigenvalue weighted by Gasteiger charge is 2.16. The first kappa shape index (κ1) is 14.5. The van der Waals surface area contributed by atoms with Crippen molar-refractivity contribution < 1.29 is 5.11 Å². The lowest BCUT2D eigenvalue weighted by Gasteiger charge is -2.15. The Kier molecular flexibility index (Phi) is 3.34. The molecule has 1 aromatic carbocycles. The predicted octanol–water partition coefficient (Wildman–Crippen LogP) is 2.86. The average molecular weight is 319 g/mol. The Morgan fingerprint density at radius 3 is 2.96 bits per heavy atom. The Morgan fingerprint density at radius 2 is 2.08 bits per heavy atom. The molecule has 1 aliphatic rings. The van der Waals surface area contributed by atoms with Crippen molar-refractivity contribution in [2.45, 2.75) is 12.8 Å². The first-order chi connectivity index (χ1) is 11.6. The van der Waals surface area contributed by atoms with Gasteiger partial charge in [0, 0.05) is 30.1 Å². The van der Waals surface area contributed by atoms with Crippen molar-refractivity contribution >= 4 is 5.57 Å². The Bertz CT molecular complexity index is 1010. The highest BCUT2D eigenvalue weighted by atomic mass is 16.3. The van der Waals surface area contributed by atoms with Crippen LogP contribution in [0, 0.1) is 0 Å². The van der Waals surface area contributed by atoms with Crippen LogP contribution in [0.5, 0.6) is 5.75 Å². The van der Waals surface area contributed by atoms with Gasteiger partial charge in [0.1, 0.15) is 5.82 Å². The van der Waals surface area contributed by atoms with Crippen LogP contribution in [0.2, 0.25) is 0 Å². The van der Waals surface area contributed by atoms with E-state index in [0.29, 0.717) is 5.82 Å². The molecule has 1 aliphatic carbocycles. The zero-order valence-electron chi connectivity index (χ0n) is 13.3. The maximum atomic E-state index is 11.9. The van der Waals surface area contributed by atoms with Crippen LogP contribution >= 0.6 is 0 Å². The minimum atomic E-state index is -0.449. The molecule has 0 spiro atoms. The number of aryl methyl sites for hydroxylation is 1. The summed E-state index contributed by atoms with van der Waals surface area (Å²) in [6.45, 7) is 0. The zero-order valence-corrected chi connectivity index (χ0v) is 13.3. The van der Waals surface area contributed by atoms with Gasteiger partial charge in [-0.25, -0.2) is 4.98 Å². The maximum absolute atomic E-state index is 11.9. The molecule has 0 fully saturated rings. The van der Waals surface area contributed by atoms with E-state index in [4.69, 9.17) is 0 Å². The molecule has 0 saturated heterocycles. The first-order valence-electron chi connectivity index (χ1n) is 7.88. The molecule has 5 nitrogen and oxygen atoms in total. The van der Waals surface area contributed by atoms with E-state index in [0.717, 1.165) is 24.0 Å². The van der Waals surface area contributed by atoms with Crippen molar-refractivity contribution in [3.8, 4) is 17.1 Å². The number of rotatable bonds is 2. The van der Waals surface area contributed by atoms with Crippen LogP contribution < -0.4 is 5.56 Å². The first-order valence-corrected chi connectivity index (χ1v) is 7.88. The number of hydrogen-bond acceptors (Lipinski definition) is 3. The minimum Gasteiger partial charge on any atom is -0.502 e. The summed E-state index contributed by atoms with van der Waals surface area (Å²) in [5.41, 5.74) is 5.17. The number of benzene rings is 1. The number of nitrogens with one attached hydrogen (secondary N) is 1. The second kappa shape index (κ2) is 5.53. The van der Waals surface area contributed by atoms with Crippen LogP contribution in [-0.2, 0) is 13.5 Å². The van der Waals surface area contributed by atoms with Gasteiger partial charge in [0.05, 0.1) is 6.20 Å². The number of aromatic hydroxyl groups is 1. The molecule has 0 saturated carbocycles. The summed E-state index contributed by atoms with van der Waals surface area (Å²) < 4.78 is 1.37. The largest absolute Gasteiger partial charge is 0.502 e. The zero-order chi connectivity index (χ0) is 16.7. The molecule has 2 heterocycles. The lowest BCUT2D eigenvalue weighted by molar-refractivity contribution is 0.457. The highest BCUT2D eigenvalue weighted by molar-refractivity contribution is 5.83. The van der Waals surface area contributed by atoms with Gasteiger partial charge in [0.15, 0.2) is 5.75 Å². The predicted molar refractivity (Wildman–Crippen MR) is 92.8 cm³/mol. The van der Waals surface area contributed by atoms with Gasteiger partial charge in [0.25, 0.3) is 5.56 Å². The normalized spacial score (nSPS) is 13.5. The standard InChI is InChI=1S/C19H17N3O2/c1-22-18(21-11-17(23)19(22)24)13-5-2-4-12(10-13)14-6-3-7-16-15(14)8-9-20-16/h2,4-6,8-11,20,23H,3,7H2,1H3. The van der Waals surface area contributed by atoms with E-state index < -0.39 is 5.56 Å². The Morgan fingerprint density at radius 1 is 1.25 bits per heavy atom. The quantitative estimate of drug-likeness (QED) is 0.763. The summed E-state index contributed by atoms with van der Waals surface area (Å²) in [6.07, 6.45) is 7.45. The van der Waals surface area contributed by atoms with Crippen LogP contribution in [0.15, 0.2) is 53.6 Å². The fourth-order valence-electron chi connectivity index (χ4n) is 3.23. The molecule has 2 aromatic heterocycles. The molecule has 0 unspecified atom stereocenters. The summed E-state index contributed by atoms with van der Waals surface area (Å²) in [7, 11) is 1.61. The van der Waals surface area contributed by atoms with Crippen molar-refractivity contribution in [3.63, 3.8) is 0 Å². The van der Waals surface area contributed by atoms with Crippen molar-refractivity contribution in [2.75, 3.05) is 0 Å². The van der Waals surface area contributed by atoms with Crippen LogP contribution in [0.3, 0.4) is 0 Å². The maximum Gasteiger partial charge on any atom is 0.295 e. The molecular weight excluding hydrogens is 302 g/mol. The van der Waals surface area contributed by atoms with E-state index in [1.807, 2.05) is 24.4 Å². The SMILES string of the molecule is Cn1c(-c2cccc(C3=CCCc4[nH]ccc43)c2)ncc(O)c1=O. The van der Waals surface area contributed by atoms with Gasteiger partial charge in [-0.3, -0.25) is 9.36 Å². The van der Waals surface area contributed by atoms with E-state index >= 15 is 0 Å². The van der Waals surface area contributed by atoms with Crippen molar-refractivity contribution in [1.29, 1.82) is 0 Å². The van der Waals surface area contributed by atoms with Gasteiger partial charge in [-0.2, -0.15) is 0 Å². The fraction of sp³-hybridized carbons (Fsp3) is 0.158. The van der Waals surface area contributed by atoms with Gasteiger partial charge >= 0.3 is 0 Å². The van der Waals surface area contributed by atoms with Gasteiger partial charge in [-0.1, -0.05) is 24.3 Å². The monoisotopic (exact) mass is 319 g/mol. The molecule has 2 N–H and O–H groups in total. The topological polar surface area (TPSA) is 70.9 Å². The average Bonchev–Trinajstić information content (AvgIpc) is 3.08. The molecule has 120 valence electrons. The van der Waals surface area contributed by atoms with E-state index in [9.17, 15) is 9.90 Å². The second-order valence-electron chi connectivity index (χ2n) is 5.94. The van der Waals surface area contributed by atoms with Crippen LogP contribution in [0.4, 0.5) is 0 Å². The second-order valence-corrected chi connectivity index (χ2v) is 5.94. The number of allylic oxidation sites excluding steroid dienone is 1. The van der Waals surface area contributed by atoms with Crippen LogP contribution in [-0.4, -0.2) is 19.6 Å². The molecule has 4 rings (SSSR count). The van der Waals surface area contributed by atoms with Crippen molar-refractivity contribution in [3.05, 3.63) is 76.0 Å². The number of H-pyrrole nitrogens is 1. The lowest BCUT2D eigenvalue weighted by Crippen LogP contribution is -2.19. The molecule has 0 radical (unpaired) electrons. The Balaban J connectivity index is 1.83.